The van der Waals surface area contributed by atoms with Gasteiger partial charge in [-0.15, -0.1) is 0 Å². The molecule has 4 atom stereocenters. The first-order chi connectivity index (χ1) is 13.3. The van der Waals surface area contributed by atoms with E-state index < -0.39 is 23.6 Å². The van der Waals surface area contributed by atoms with Gasteiger partial charge < -0.3 is 20.8 Å². The van der Waals surface area contributed by atoms with Crippen molar-refractivity contribution in [3.8, 4) is 0 Å². The van der Waals surface area contributed by atoms with E-state index >= 15 is 4.39 Å². The Bertz CT molecular complexity index is 1040. The number of hydrogen-bond acceptors (Lipinski definition) is 7. The Morgan fingerprint density at radius 3 is 2.71 bits per heavy atom. The Labute approximate surface area is 165 Å². The molecule has 28 heavy (non-hydrogen) atoms. The van der Waals surface area contributed by atoms with Crippen molar-refractivity contribution in [2.24, 2.45) is 17.5 Å². The van der Waals surface area contributed by atoms with Crippen LogP contribution in [0.2, 0.25) is 0 Å². The fourth-order valence-corrected chi connectivity index (χ4v) is 5.84. The van der Waals surface area contributed by atoms with Crippen LogP contribution in [-0.4, -0.2) is 52.4 Å². The van der Waals surface area contributed by atoms with E-state index in [2.05, 4.69) is 10.3 Å². The van der Waals surface area contributed by atoms with Crippen LogP contribution >= 0.6 is 11.8 Å². The second-order valence-electron chi connectivity index (χ2n) is 7.60. The summed E-state index contributed by atoms with van der Waals surface area (Å²) in [6, 6.07) is -0.570. The molecule has 152 valence electrons. The Morgan fingerprint density at radius 2 is 2.18 bits per heavy atom. The lowest BCUT2D eigenvalue weighted by Gasteiger charge is -2.38. The smallest absolute Gasteiger partial charge is 0.342 e. The van der Waals surface area contributed by atoms with E-state index in [1.165, 1.54) is 11.8 Å². The largest absolute Gasteiger partial charge is 0.477 e. The monoisotopic (exact) mass is 409 g/mol. The number of carbonyl (C=O) groups is 1. The fourth-order valence-electron chi connectivity index (χ4n) is 4.70. The molecule has 0 aromatic carbocycles. The molecule has 1 saturated heterocycles. The predicted octanol–water partition coefficient (Wildman–Crippen LogP) is -1.09. The molecule has 1 aliphatic carbocycles. The number of carboxylic acid groups (broad SMARTS) is 1. The van der Waals surface area contributed by atoms with Crippen molar-refractivity contribution in [2.45, 2.75) is 42.9 Å². The first kappa shape index (κ1) is 19.4. The quantitative estimate of drug-likeness (QED) is 0.365. The number of pyridine rings is 1. The number of fused-ring (bicyclic) bond motifs is 3. The van der Waals surface area contributed by atoms with Gasteiger partial charge in [0.2, 0.25) is 5.43 Å². The van der Waals surface area contributed by atoms with Gasteiger partial charge in [0, 0.05) is 6.54 Å². The number of hydrazine groups is 1. The Morgan fingerprint density at radius 1 is 1.46 bits per heavy atom. The third-order valence-electron chi connectivity index (χ3n) is 6.06. The SMILES string of the molecule is CC1=c2c(c(=O)c(C(=O)O)c3n2C(C)S3)=C(NN)C(F)C1N1CCC(CN)C1. The molecule has 2 aliphatic heterocycles. The first-order valence-corrected chi connectivity index (χ1v) is 10.2. The molecule has 1 aromatic heterocycles. The molecule has 1 fully saturated rings. The number of halogens is 1. The topological polar surface area (TPSA) is 127 Å². The van der Waals surface area contributed by atoms with Gasteiger partial charge in [-0.1, -0.05) is 11.8 Å². The van der Waals surface area contributed by atoms with Crippen LogP contribution in [0.3, 0.4) is 0 Å². The predicted molar refractivity (Wildman–Crippen MR) is 105 cm³/mol. The maximum atomic E-state index is 15.6. The molecule has 10 heteroatoms. The van der Waals surface area contributed by atoms with Crippen molar-refractivity contribution < 1.29 is 14.3 Å². The fraction of sp³-hybridized carbons (Fsp3) is 0.556. The van der Waals surface area contributed by atoms with Crippen molar-refractivity contribution >= 4 is 29.0 Å². The van der Waals surface area contributed by atoms with Crippen LogP contribution in [-0.2, 0) is 0 Å². The molecule has 0 amide bonds. The number of nitrogens with two attached hydrogens (primary N) is 2. The van der Waals surface area contributed by atoms with Crippen LogP contribution < -0.4 is 33.0 Å². The third kappa shape index (κ3) is 2.55. The van der Waals surface area contributed by atoms with Crippen LogP contribution in [0.4, 0.5) is 4.39 Å². The van der Waals surface area contributed by atoms with Gasteiger partial charge in [0.25, 0.3) is 0 Å². The van der Waals surface area contributed by atoms with Crippen molar-refractivity contribution in [2.75, 3.05) is 19.6 Å². The van der Waals surface area contributed by atoms with Crippen LogP contribution in [0.1, 0.15) is 36.0 Å². The average Bonchev–Trinajstić information content (AvgIpc) is 3.11. The summed E-state index contributed by atoms with van der Waals surface area (Å²) in [4.78, 5) is 26.8. The summed E-state index contributed by atoms with van der Waals surface area (Å²) >= 11 is 1.33. The zero-order valence-electron chi connectivity index (χ0n) is 15.7. The van der Waals surface area contributed by atoms with Gasteiger partial charge in [-0.05, 0) is 44.8 Å². The molecule has 0 saturated carbocycles. The number of thioether (sulfide) groups is 1. The molecule has 0 radical (unpaired) electrons. The van der Waals surface area contributed by atoms with Crippen LogP contribution in [0.25, 0.3) is 11.3 Å². The number of nitrogens with one attached hydrogen (secondary N) is 1. The number of likely N-dealkylation sites (tertiary alicyclic amines) is 1. The lowest BCUT2D eigenvalue weighted by atomic mass is 9.92. The van der Waals surface area contributed by atoms with Crippen molar-refractivity contribution in [3.63, 3.8) is 0 Å². The van der Waals surface area contributed by atoms with Crippen molar-refractivity contribution in [1.82, 2.24) is 14.9 Å². The minimum absolute atomic E-state index is 0.0339. The highest BCUT2D eigenvalue weighted by atomic mass is 32.2. The number of hydrogen-bond donors (Lipinski definition) is 4. The standard InChI is InChI=1S/C18H24FN5O3S/c1-7-14-10(16(25)11(18(26)27)17-24(14)8(2)28-17)13(22-21)12(19)15(7)23-4-3-9(5-20)6-23/h8-9,12,15,22H,3-6,20-21H2,1-2H3,(H,26,27). The third-order valence-corrected chi connectivity index (χ3v) is 7.24. The molecule has 6 N–H and O–H groups in total. The van der Waals surface area contributed by atoms with E-state index in [0.717, 1.165) is 12.0 Å². The minimum atomic E-state index is -1.55. The van der Waals surface area contributed by atoms with Gasteiger partial charge in [0.15, 0.2) is 6.17 Å². The zero-order valence-corrected chi connectivity index (χ0v) is 16.6. The molecule has 0 spiro atoms. The number of rotatable bonds is 4. The maximum Gasteiger partial charge on any atom is 0.342 e. The van der Waals surface area contributed by atoms with E-state index in [1.54, 1.807) is 0 Å². The summed E-state index contributed by atoms with van der Waals surface area (Å²) in [6.45, 7) is 5.69. The summed E-state index contributed by atoms with van der Waals surface area (Å²) in [6.07, 6.45) is -0.655. The van der Waals surface area contributed by atoms with Crippen molar-refractivity contribution in [1.29, 1.82) is 0 Å². The summed E-state index contributed by atoms with van der Waals surface area (Å²) < 4.78 is 17.4. The van der Waals surface area contributed by atoms with Gasteiger partial charge in [0.05, 0.1) is 32.7 Å². The molecular formula is C18H24FN5O3S. The van der Waals surface area contributed by atoms with E-state index in [4.69, 9.17) is 11.6 Å². The second kappa shape index (κ2) is 6.87. The van der Waals surface area contributed by atoms with E-state index in [0.29, 0.717) is 35.9 Å². The van der Waals surface area contributed by atoms with Gasteiger partial charge in [-0.25, -0.2) is 9.18 Å². The number of carboxylic acids is 1. The summed E-state index contributed by atoms with van der Waals surface area (Å²) in [7, 11) is 0. The van der Waals surface area contributed by atoms with Gasteiger partial charge in [-0.3, -0.25) is 15.5 Å². The molecule has 3 aliphatic rings. The summed E-state index contributed by atoms with van der Waals surface area (Å²) in [5.41, 5.74) is 7.82. The van der Waals surface area contributed by atoms with Gasteiger partial charge in [0.1, 0.15) is 5.56 Å². The van der Waals surface area contributed by atoms with Crippen LogP contribution in [0.5, 0.6) is 0 Å². The van der Waals surface area contributed by atoms with E-state index in [9.17, 15) is 14.7 Å². The number of aromatic carboxylic acids is 1. The lowest BCUT2D eigenvalue weighted by molar-refractivity contribution is 0.0688. The molecule has 4 unspecified atom stereocenters. The van der Waals surface area contributed by atoms with E-state index in [-0.39, 0.29) is 21.9 Å². The highest BCUT2D eigenvalue weighted by molar-refractivity contribution is 8.00. The molecule has 8 nitrogen and oxygen atoms in total. The molecular weight excluding hydrogens is 385 g/mol. The van der Waals surface area contributed by atoms with Gasteiger partial charge in [-0.2, -0.15) is 0 Å². The molecule has 0 bridgehead atoms. The lowest BCUT2D eigenvalue weighted by Crippen LogP contribution is -2.62. The highest BCUT2D eigenvalue weighted by Gasteiger charge is 2.42. The Balaban J connectivity index is 2.04. The van der Waals surface area contributed by atoms with Crippen molar-refractivity contribution in [3.05, 3.63) is 26.4 Å². The highest BCUT2D eigenvalue weighted by Crippen LogP contribution is 2.42. The van der Waals surface area contributed by atoms with Crippen LogP contribution in [0.15, 0.2) is 9.82 Å². The molecule has 4 rings (SSSR count). The minimum Gasteiger partial charge on any atom is -0.477 e. The first-order valence-electron chi connectivity index (χ1n) is 9.30. The number of alkyl halides is 1. The van der Waals surface area contributed by atoms with E-state index in [1.807, 2.05) is 18.4 Å². The van der Waals surface area contributed by atoms with Gasteiger partial charge >= 0.3 is 5.97 Å². The number of aromatic nitrogens is 1. The average molecular weight is 409 g/mol. The Hall–Kier alpha value is -1.88. The molecule has 1 aromatic rings. The zero-order chi connectivity index (χ0) is 20.3. The second-order valence-corrected chi connectivity index (χ2v) is 8.90. The summed E-state index contributed by atoms with van der Waals surface area (Å²) in [5.74, 6) is 4.63. The Kier molecular flexibility index (Phi) is 4.77. The number of nitrogens with zero attached hydrogens (tertiary/aromatic N) is 2. The summed E-state index contributed by atoms with van der Waals surface area (Å²) in [5, 5.41) is 10.5. The van der Waals surface area contributed by atoms with Crippen LogP contribution in [0, 0.1) is 5.92 Å². The molecule has 3 heterocycles. The maximum absolute atomic E-state index is 15.6. The normalized spacial score (nSPS) is 29.3.